The van der Waals surface area contributed by atoms with E-state index in [9.17, 15) is 9.59 Å². The minimum atomic E-state index is -0.341. The van der Waals surface area contributed by atoms with E-state index in [1.54, 1.807) is 6.20 Å². The fourth-order valence-electron chi connectivity index (χ4n) is 2.57. The number of ether oxygens (including phenoxy) is 1. The van der Waals surface area contributed by atoms with Gasteiger partial charge in [-0.15, -0.1) is 11.8 Å². The molecule has 0 radical (unpaired) electrons. The number of esters is 1. The molecule has 140 valence electrons. The standard InChI is InChI=1S/C20H19BrN2O3S/c1-12-4-5-23-18(6-12)22-15(9-19(23)24)10-26-20(25)11-27-17-8-13(2)16(21)7-14(17)3/h4-9H,10-11H2,1-3H3. The van der Waals surface area contributed by atoms with Crippen molar-refractivity contribution in [2.45, 2.75) is 32.3 Å². The molecule has 0 saturated carbocycles. The molecule has 5 nitrogen and oxygen atoms in total. The van der Waals surface area contributed by atoms with E-state index in [-0.39, 0.29) is 23.9 Å². The van der Waals surface area contributed by atoms with E-state index >= 15 is 0 Å². The van der Waals surface area contributed by atoms with E-state index in [0.29, 0.717) is 11.3 Å². The monoisotopic (exact) mass is 446 g/mol. The van der Waals surface area contributed by atoms with Crippen LogP contribution in [-0.4, -0.2) is 21.1 Å². The maximum Gasteiger partial charge on any atom is 0.316 e. The molecular weight excluding hydrogens is 428 g/mol. The first-order valence-corrected chi connectivity index (χ1v) is 10.2. The van der Waals surface area contributed by atoms with Gasteiger partial charge in [-0.05, 0) is 61.7 Å². The Morgan fingerprint density at radius 2 is 1.96 bits per heavy atom. The average molecular weight is 447 g/mol. The Balaban J connectivity index is 1.63. The number of nitrogens with zero attached hydrogens (tertiary/aromatic N) is 2. The molecule has 0 aliphatic carbocycles. The highest BCUT2D eigenvalue weighted by atomic mass is 79.9. The van der Waals surface area contributed by atoms with Crippen LogP contribution in [0.25, 0.3) is 5.65 Å². The lowest BCUT2D eigenvalue weighted by atomic mass is 10.2. The van der Waals surface area contributed by atoms with E-state index in [0.717, 1.165) is 26.1 Å². The molecule has 0 aliphatic heterocycles. The van der Waals surface area contributed by atoms with Crippen LogP contribution in [0.3, 0.4) is 0 Å². The smallest absolute Gasteiger partial charge is 0.316 e. The van der Waals surface area contributed by atoms with Gasteiger partial charge in [0.1, 0.15) is 12.3 Å². The topological polar surface area (TPSA) is 60.7 Å². The molecule has 0 aliphatic rings. The third-order valence-electron chi connectivity index (χ3n) is 4.06. The molecule has 3 rings (SSSR count). The number of aromatic nitrogens is 2. The SMILES string of the molecule is Cc1ccn2c(=O)cc(COC(=O)CSc3cc(C)c(Br)cc3C)nc2c1. The summed E-state index contributed by atoms with van der Waals surface area (Å²) in [6.07, 6.45) is 1.69. The van der Waals surface area contributed by atoms with Crippen molar-refractivity contribution in [3.05, 3.63) is 73.7 Å². The fraction of sp³-hybridized carbons (Fsp3) is 0.250. The molecule has 1 aromatic carbocycles. The number of rotatable bonds is 5. The Morgan fingerprint density at radius 1 is 1.19 bits per heavy atom. The number of aryl methyl sites for hydroxylation is 3. The van der Waals surface area contributed by atoms with Crippen LogP contribution < -0.4 is 5.56 Å². The predicted molar refractivity (Wildman–Crippen MR) is 110 cm³/mol. The lowest BCUT2D eigenvalue weighted by Gasteiger charge is -2.09. The highest BCUT2D eigenvalue weighted by Gasteiger charge is 2.10. The summed E-state index contributed by atoms with van der Waals surface area (Å²) in [6, 6.07) is 9.15. The van der Waals surface area contributed by atoms with Crippen molar-refractivity contribution in [2.75, 3.05) is 5.75 Å². The Hall–Kier alpha value is -2.12. The summed E-state index contributed by atoms with van der Waals surface area (Å²) < 4.78 is 7.81. The Kier molecular flexibility index (Phi) is 6.01. The maximum atomic E-state index is 12.1. The normalized spacial score (nSPS) is 11.0. The van der Waals surface area contributed by atoms with Crippen LogP contribution in [0.2, 0.25) is 0 Å². The molecule has 7 heteroatoms. The summed E-state index contributed by atoms with van der Waals surface area (Å²) in [5, 5.41) is 0. The van der Waals surface area contributed by atoms with E-state index < -0.39 is 0 Å². The zero-order valence-electron chi connectivity index (χ0n) is 15.3. The van der Waals surface area contributed by atoms with Gasteiger partial charge in [0.25, 0.3) is 5.56 Å². The molecule has 0 N–H and O–H groups in total. The van der Waals surface area contributed by atoms with Crippen molar-refractivity contribution in [1.29, 1.82) is 0 Å². The van der Waals surface area contributed by atoms with Gasteiger partial charge in [-0.3, -0.25) is 14.0 Å². The third kappa shape index (κ3) is 4.78. The summed E-state index contributed by atoms with van der Waals surface area (Å²) >= 11 is 4.94. The average Bonchev–Trinajstić information content (AvgIpc) is 2.61. The van der Waals surface area contributed by atoms with Crippen LogP contribution in [0.1, 0.15) is 22.4 Å². The number of benzene rings is 1. The van der Waals surface area contributed by atoms with Crippen molar-refractivity contribution in [3.8, 4) is 0 Å². The number of hydrogen-bond donors (Lipinski definition) is 0. The largest absolute Gasteiger partial charge is 0.459 e. The Morgan fingerprint density at radius 3 is 2.74 bits per heavy atom. The van der Waals surface area contributed by atoms with Crippen molar-refractivity contribution in [3.63, 3.8) is 0 Å². The number of pyridine rings is 1. The van der Waals surface area contributed by atoms with Crippen LogP contribution in [-0.2, 0) is 16.1 Å². The van der Waals surface area contributed by atoms with Crippen LogP contribution in [0.5, 0.6) is 0 Å². The maximum absolute atomic E-state index is 12.1. The molecule has 0 amide bonds. The molecular formula is C20H19BrN2O3S. The van der Waals surface area contributed by atoms with Crippen molar-refractivity contribution in [1.82, 2.24) is 9.38 Å². The Bertz CT molecular complexity index is 1080. The van der Waals surface area contributed by atoms with E-state index in [4.69, 9.17) is 4.74 Å². The van der Waals surface area contributed by atoms with Crippen LogP contribution in [0.15, 0.2) is 50.7 Å². The molecule has 0 spiro atoms. The van der Waals surface area contributed by atoms with E-state index in [1.807, 2.05) is 45.0 Å². The minimum absolute atomic E-state index is 0.0164. The van der Waals surface area contributed by atoms with Crippen LogP contribution >= 0.6 is 27.7 Å². The van der Waals surface area contributed by atoms with Gasteiger partial charge in [0.05, 0.1) is 11.4 Å². The second kappa shape index (κ2) is 8.27. The van der Waals surface area contributed by atoms with Gasteiger partial charge in [0.2, 0.25) is 0 Å². The van der Waals surface area contributed by atoms with E-state index in [1.165, 1.54) is 22.2 Å². The van der Waals surface area contributed by atoms with Gasteiger partial charge >= 0.3 is 5.97 Å². The highest BCUT2D eigenvalue weighted by Crippen LogP contribution is 2.28. The molecule has 0 unspecified atom stereocenters. The molecule has 3 aromatic rings. The summed E-state index contributed by atoms with van der Waals surface area (Å²) in [5.74, 6) is -0.140. The number of fused-ring (bicyclic) bond motifs is 1. The van der Waals surface area contributed by atoms with E-state index in [2.05, 4.69) is 20.9 Å². The highest BCUT2D eigenvalue weighted by molar-refractivity contribution is 9.10. The second-order valence-corrected chi connectivity index (χ2v) is 8.21. The molecule has 0 atom stereocenters. The number of carbonyl (C=O) groups excluding carboxylic acids is 1. The number of thioether (sulfide) groups is 1. The van der Waals surface area contributed by atoms with Crippen molar-refractivity contribution < 1.29 is 9.53 Å². The van der Waals surface area contributed by atoms with Gasteiger partial charge in [-0.25, -0.2) is 4.98 Å². The van der Waals surface area contributed by atoms with Gasteiger partial charge in [-0.1, -0.05) is 15.9 Å². The van der Waals surface area contributed by atoms with Gasteiger partial charge in [0, 0.05) is 21.6 Å². The molecule has 2 heterocycles. The summed E-state index contributed by atoms with van der Waals surface area (Å²) in [7, 11) is 0. The third-order valence-corrected chi connectivity index (χ3v) is 6.04. The molecule has 27 heavy (non-hydrogen) atoms. The van der Waals surface area contributed by atoms with Crippen molar-refractivity contribution in [2.24, 2.45) is 0 Å². The number of carbonyl (C=O) groups is 1. The molecule has 0 saturated heterocycles. The minimum Gasteiger partial charge on any atom is -0.459 e. The molecule has 0 bridgehead atoms. The zero-order valence-corrected chi connectivity index (χ0v) is 17.7. The first-order chi connectivity index (χ1) is 12.8. The first-order valence-electron chi connectivity index (χ1n) is 8.37. The molecule has 2 aromatic heterocycles. The second-order valence-electron chi connectivity index (χ2n) is 6.33. The first kappa shape index (κ1) is 19.6. The van der Waals surface area contributed by atoms with Gasteiger partial charge in [0.15, 0.2) is 0 Å². The fourth-order valence-corrected chi connectivity index (χ4v) is 3.93. The molecule has 0 fully saturated rings. The number of halogens is 1. The summed E-state index contributed by atoms with van der Waals surface area (Å²) in [5.41, 5.74) is 4.02. The lowest BCUT2D eigenvalue weighted by Crippen LogP contribution is -2.17. The van der Waals surface area contributed by atoms with Gasteiger partial charge < -0.3 is 4.74 Å². The van der Waals surface area contributed by atoms with Crippen LogP contribution in [0, 0.1) is 20.8 Å². The zero-order chi connectivity index (χ0) is 19.6. The van der Waals surface area contributed by atoms with Gasteiger partial charge in [-0.2, -0.15) is 0 Å². The van der Waals surface area contributed by atoms with Crippen molar-refractivity contribution >= 4 is 39.3 Å². The lowest BCUT2D eigenvalue weighted by molar-refractivity contribution is -0.141. The Labute approximate surface area is 169 Å². The summed E-state index contributed by atoms with van der Waals surface area (Å²) in [6.45, 7) is 5.93. The predicted octanol–water partition coefficient (Wildman–Crippen LogP) is 4.22. The van der Waals surface area contributed by atoms with Crippen LogP contribution in [0.4, 0.5) is 0 Å². The summed E-state index contributed by atoms with van der Waals surface area (Å²) in [4.78, 5) is 29.7. The quantitative estimate of drug-likeness (QED) is 0.433. The number of hydrogen-bond acceptors (Lipinski definition) is 5.